The molecule has 0 bridgehead atoms. The van der Waals surface area contributed by atoms with E-state index in [1.165, 1.54) is 0 Å². The Morgan fingerprint density at radius 1 is 1.36 bits per heavy atom. The minimum atomic E-state index is -0.173. The van der Waals surface area contributed by atoms with Crippen molar-refractivity contribution in [1.29, 1.82) is 0 Å². The smallest absolute Gasteiger partial charge is 0.251 e. The average molecular weight is 302 g/mol. The SMILES string of the molecule is Cc1c(NCc2cnn(C)c2C)cccc1C(=O)NCCO. The van der Waals surface area contributed by atoms with Crippen molar-refractivity contribution in [1.82, 2.24) is 15.1 Å². The Balaban J connectivity index is 2.11. The van der Waals surface area contributed by atoms with E-state index in [1.54, 1.807) is 6.07 Å². The lowest BCUT2D eigenvalue weighted by Gasteiger charge is -2.13. The highest BCUT2D eigenvalue weighted by atomic mass is 16.3. The standard InChI is InChI=1S/C16H22N4O2/c1-11-14(16(22)17-7-8-21)5-4-6-15(11)18-9-13-10-19-20(3)12(13)2/h4-6,10,18,21H,7-9H2,1-3H3,(H,17,22). The van der Waals surface area contributed by atoms with Gasteiger partial charge in [-0.25, -0.2) is 0 Å². The fourth-order valence-corrected chi connectivity index (χ4v) is 2.25. The molecule has 0 atom stereocenters. The van der Waals surface area contributed by atoms with Crippen molar-refractivity contribution in [2.24, 2.45) is 7.05 Å². The normalized spacial score (nSPS) is 10.5. The number of rotatable bonds is 6. The van der Waals surface area contributed by atoms with Crippen LogP contribution >= 0.6 is 0 Å². The molecule has 0 spiro atoms. The molecule has 1 aromatic heterocycles. The second kappa shape index (κ2) is 7.09. The molecule has 3 N–H and O–H groups in total. The number of anilines is 1. The zero-order chi connectivity index (χ0) is 16.1. The van der Waals surface area contributed by atoms with Gasteiger partial charge in [0.1, 0.15) is 0 Å². The molecule has 0 saturated carbocycles. The summed E-state index contributed by atoms with van der Waals surface area (Å²) in [5, 5.41) is 19.0. The first-order valence-electron chi connectivity index (χ1n) is 7.24. The van der Waals surface area contributed by atoms with Gasteiger partial charge in [-0.1, -0.05) is 6.07 Å². The van der Waals surface area contributed by atoms with Crippen molar-refractivity contribution in [3.05, 3.63) is 46.8 Å². The molecule has 1 amide bonds. The highest BCUT2D eigenvalue weighted by Crippen LogP contribution is 2.20. The minimum Gasteiger partial charge on any atom is -0.395 e. The first-order valence-corrected chi connectivity index (χ1v) is 7.24. The summed E-state index contributed by atoms with van der Waals surface area (Å²) in [4.78, 5) is 12.0. The fourth-order valence-electron chi connectivity index (χ4n) is 2.25. The fraction of sp³-hybridized carbons (Fsp3) is 0.375. The van der Waals surface area contributed by atoms with Crippen LogP contribution in [0.3, 0.4) is 0 Å². The molecule has 1 heterocycles. The van der Waals surface area contributed by atoms with Crippen LogP contribution in [0.25, 0.3) is 0 Å². The first-order chi connectivity index (χ1) is 10.5. The van der Waals surface area contributed by atoms with Crippen molar-refractivity contribution in [3.63, 3.8) is 0 Å². The van der Waals surface area contributed by atoms with E-state index in [1.807, 2.05) is 43.9 Å². The van der Waals surface area contributed by atoms with Crippen molar-refractivity contribution in [2.75, 3.05) is 18.5 Å². The summed E-state index contributed by atoms with van der Waals surface area (Å²) < 4.78 is 1.84. The van der Waals surface area contributed by atoms with E-state index in [9.17, 15) is 4.79 Å². The predicted molar refractivity (Wildman–Crippen MR) is 85.9 cm³/mol. The summed E-state index contributed by atoms with van der Waals surface area (Å²) in [7, 11) is 1.91. The maximum absolute atomic E-state index is 12.0. The number of hydrogen-bond acceptors (Lipinski definition) is 4. The quantitative estimate of drug-likeness (QED) is 0.753. The van der Waals surface area contributed by atoms with E-state index < -0.39 is 0 Å². The number of amides is 1. The zero-order valence-electron chi connectivity index (χ0n) is 13.2. The van der Waals surface area contributed by atoms with E-state index in [0.717, 1.165) is 22.5 Å². The van der Waals surface area contributed by atoms with Gasteiger partial charge >= 0.3 is 0 Å². The maximum atomic E-state index is 12.0. The summed E-state index contributed by atoms with van der Waals surface area (Å²) in [5.74, 6) is -0.173. The second-order valence-corrected chi connectivity index (χ2v) is 5.19. The number of aliphatic hydroxyl groups excluding tert-OH is 1. The molecular formula is C16H22N4O2. The van der Waals surface area contributed by atoms with Crippen molar-refractivity contribution in [2.45, 2.75) is 20.4 Å². The summed E-state index contributed by atoms with van der Waals surface area (Å²) in [5.41, 5.74) is 4.65. The first kappa shape index (κ1) is 16.0. The zero-order valence-corrected chi connectivity index (χ0v) is 13.2. The van der Waals surface area contributed by atoms with Gasteiger partial charge < -0.3 is 15.7 Å². The topological polar surface area (TPSA) is 79.2 Å². The van der Waals surface area contributed by atoms with Gasteiger partial charge in [0.05, 0.1) is 12.8 Å². The number of nitrogens with one attached hydrogen (secondary N) is 2. The van der Waals surface area contributed by atoms with Gasteiger partial charge in [-0.2, -0.15) is 5.10 Å². The molecule has 2 rings (SSSR count). The Kier molecular flexibility index (Phi) is 5.16. The predicted octanol–water partition coefficient (Wildman–Crippen LogP) is 1.37. The van der Waals surface area contributed by atoms with E-state index >= 15 is 0 Å². The van der Waals surface area contributed by atoms with E-state index in [4.69, 9.17) is 5.11 Å². The molecule has 0 aliphatic carbocycles. The Morgan fingerprint density at radius 3 is 2.77 bits per heavy atom. The van der Waals surface area contributed by atoms with Gasteiger partial charge in [0.15, 0.2) is 0 Å². The van der Waals surface area contributed by atoms with Crippen LogP contribution in [0.15, 0.2) is 24.4 Å². The molecule has 6 nitrogen and oxygen atoms in total. The van der Waals surface area contributed by atoms with Crippen LogP contribution in [0.5, 0.6) is 0 Å². The molecule has 22 heavy (non-hydrogen) atoms. The van der Waals surface area contributed by atoms with E-state index in [0.29, 0.717) is 12.1 Å². The highest BCUT2D eigenvalue weighted by molar-refractivity contribution is 5.97. The van der Waals surface area contributed by atoms with Gasteiger partial charge in [0, 0.05) is 42.6 Å². The Morgan fingerprint density at radius 2 is 2.14 bits per heavy atom. The van der Waals surface area contributed by atoms with Crippen LogP contribution in [0.2, 0.25) is 0 Å². The van der Waals surface area contributed by atoms with E-state index in [-0.39, 0.29) is 19.1 Å². The lowest BCUT2D eigenvalue weighted by atomic mass is 10.1. The summed E-state index contributed by atoms with van der Waals surface area (Å²) >= 11 is 0. The van der Waals surface area contributed by atoms with Crippen LogP contribution in [0.4, 0.5) is 5.69 Å². The number of aliphatic hydroxyl groups is 1. The van der Waals surface area contributed by atoms with Crippen molar-refractivity contribution in [3.8, 4) is 0 Å². The third kappa shape index (κ3) is 3.46. The molecule has 2 aromatic rings. The molecule has 0 aliphatic rings. The number of aromatic nitrogens is 2. The number of hydrogen-bond donors (Lipinski definition) is 3. The Hall–Kier alpha value is -2.34. The summed E-state index contributed by atoms with van der Waals surface area (Å²) in [6.45, 7) is 4.78. The lowest BCUT2D eigenvalue weighted by Crippen LogP contribution is -2.27. The molecular weight excluding hydrogens is 280 g/mol. The lowest BCUT2D eigenvalue weighted by molar-refractivity contribution is 0.0944. The molecule has 118 valence electrons. The van der Waals surface area contributed by atoms with Crippen LogP contribution in [-0.2, 0) is 13.6 Å². The van der Waals surface area contributed by atoms with Gasteiger partial charge in [-0.05, 0) is 31.5 Å². The number of benzene rings is 1. The molecule has 0 aliphatic heterocycles. The number of aryl methyl sites for hydroxylation is 1. The summed E-state index contributed by atoms with van der Waals surface area (Å²) in [6.07, 6.45) is 1.84. The number of carbonyl (C=O) groups excluding carboxylic acids is 1. The summed E-state index contributed by atoms with van der Waals surface area (Å²) in [6, 6.07) is 5.58. The van der Waals surface area contributed by atoms with Crippen LogP contribution in [0, 0.1) is 13.8 Å². The molecule has 6 heteroatoms. The molecule has 0 saturated heterocycles. The molecule has 0 fully saturated rings. The maximum Gasteiger partial charge on any atom is 0.251 e. The minimum absolute atomic E-state index is 0.0665. The molecule has 0 radical (unpaired) electrons. The van der Waals surface area contributed by atoms with Crippen LogP contribution in [-0.4, -0.2) is 33.9 Å². The highest BCUT2D eigenvalue weighted by Gasteiger charge is 2.11. The van der Waals surface area contributed by atoms with Crippen molar-refractivity contribution < 1.29 is 9.90 Å². The third-order valence-electron chi connectivity index (χ3n) is 3.78. The van der Waals surface area contributed by atoms with Crippen LogP contribution < -0.4 is 10.6 Å². The van der Waals surface area contributed by atoms with Crippen LogP contribution in [0.1, 0.15) is 27.2 Å². The molecule has 0 unspecified atom stereocenters. The van der Waals surface area contributed by atoms with Crippen molar-refractivity contribution >= 4 is 11.6 Å². The largest absolute Gasteiger partial charge is 0.395 e. The third-order valence-corrected chi connectivity index (χ3v) is 3.78. The van der Waals surface area contributed by atoms with Gasteiger partial charge in [-0.3, -0.25) is 9.48 Å². The Labute approximate surface area is 130 Å². The Bertz CT molecular complexity index is 664. The molecule has 1 aromatic carbocycles. The number of nitrogens with zero attached hydrogens (tertiary/aromatic N) is 2. The monoisotopic (exact) mass is 302 g/mol. The van der Waals surface area contributed by atoms with Gasteiger partial charge in [0.25, 0.3) is 5.91 Å². The average Bonchev–Trinajstić information content (AvgIpc) is 2.83. The van der Waals surface area contributed by atoms with Gasteiger partial charge in [0.2, 0.25) is 0 Å². The number of carbonyl (C=O) groups is 1. The van der Waals surface area contributed by atoms with E-state index in [2.05, 4.69) is 15.7 Å². The van der Waals surface area contributed by atoms with Gasteiger partial charge in [-0.15, -0.1) is 0 Å². The second-order valence-electron chi connectivity index (χ2n) is 5.19.